The number of nitrogens with one attached hydrogen (secondary N) is 1. The Hall–Kier alpha value is -0.0400. The molecule has 1 nitrogen and oxygen atoms in total. The zero-order chi connectivity index (χ0) is 9.33. The predicted molar refractivity (Wildman–Crippen MR) is 54.0 cm³/mol. The minimum atomic E-state index is 0.440. The summed E-state index contributed by atoms with van der Waals surface area (Å²) in [7, 11) is 0. The van der Waals surface area contributed by atoms with Crippen molar-refractivity contribution in [3.63, 3.8) is 0 Å². The van der Waals surface area contributed by atoms with E-state index in [1.54, 1.807) is 0 Å². The van der Waals surface area contributed by atoms with Crippen molar-refractivity contribution in [1.82, 2.24) is 5.32 Å². The minimum absolute atomic E-state index is 0.440. The van der Waals surface area contributed by atoms with E-state index in [0.717, 1.165) is 13.1 Å². The van der Waals surface area contributed by atoms with Gasteiger partial charge in [0.1, 0.15) is 0 Å². The van der Waals surface area contributed by atoms with Crippen molar-refractivity contribution < 1.29 is 0 Å². The van der Waals surface area contributed by atoms with Crippen LogP contribution in [0, 0.1) is 5.41 Å². The summed E-state index contributed by atoms with van der Waals surface area (Å²) in [5, 5.41) is 3.38. The fourth-order valence-electron chi connectivity index (χ4n) is 0.640. The molecule has 0 aromatic rings. The van der Waals surface area contributed by atoms with E-state index in [1.165, 1.54) is 6.42 Å². The van der Waals surface area contributed by atoms with E-state index in [2.05, 4.69) is 33.0 Å². The topological polar surface area (TPSA) is 12.0 Å². The molecule has 0 saturated carbocycles. The lowest BCUT2D eigenvalue weighted by Crippen LogP contribution is -2.27. The van der Waals surface area contributed by atoms with Gasteiger partial charge in [-0.05, 0) is 24.9 Å². The second-order valence-corrected chi connectivity index (χ2v) is 3.74. The number of hydrogen-bond donors (Lipinski definition) is 1. The van der Waals surface area contributed by atoms with E-state index in [1.807, 2.05) is 13.8 Å². The third kappa shape index (κ3) is 17.8. The molecule has 0 amide bonds. The Morgan fingerprint density at radius 3 is 1.82 bits per heavy atom. The number of rotatable bonds is 3. The molecule has 0 saturated heterocycles. The second-order valence-electron chi connectivity index (χ2n) is 3.74. The van der Waals surface area contributed by atoms with Crippen LogP contribution < -0.4 is 5.32 Å². The molecule has 0 aliphatic heterocycles. The lowest BCUT2D eigenvalue weighted by Gasteiger charge is -2.18. The van der Waals surface area contributed by atoms with Crippen LogP contribution in [0.1, 0.15) is 48.0 Å². The summed E-state index contributed by atoms with van der Waals surface area (Å²) in [6, 6.07) is 0. The Kier molecular flexibility index (Phi) is 9.92. The van der Waals surface area contributed by atoms with Crippen molar-refractivity contribution in [2.75, 3.05) is 13.1 Å². The van der Waals surface area contributed by atoms with Crippen molar-refractivity contribution in [2.24, 2.45) is 5.41 Å². The number of hydrogen-bond acceptors (Lipinski definition) is 1. The molecule has 0 fully saturated rings. The second kappa shape index (κ2) is 8.06. The predicted octanol–water partition coefficient (Wildman–Crippen LogP) is 3.06. The molecule has 0 rings (SSSR count). The van der Waals surface area contributed by atoms with E-state index in [4.69, 9.17) is 0 Å². The van der Waals surface area contributed by atoms with Gasteiger partial charge < -0.3 is 5.32 Å². The van der Waals surface area contributed by atoms with E-state index < -0.39 is 0 Å². The first kappa shape index (κ1) is 13.5. The molecule has 0 aromatic heterocycles. The summed E-state index contributed by atoms with van der Waals surface area (Å²) in [5.74, 6) is 0. The lowest BCUT2D eigenvalue weighted by molar-refractivity contribution is 0.381. The summed E-state index contributed by atoms with van der Waals surface area (Å²) in [6.07, 6.45) is 1.23. The van der Waals surface area contributed by atoms with Gasteiger partial charge in [-0.1, -0.05) is 41.5 Å². The molecule has 0 atom stereocenters. The van der Waals surface area contributed by atoms with Crippen LogP contribution in [0.15, 0.2) is 0 Å². The average molecular weight is 159 g/mol. The Morgan fingerprint density at radius 2 is 1.55 bits per heavy atom. The van der Waals surface area contributed by atoms with Gasteiger partial charge in [0.2, 0.25) is 0 Å². The molecule has 0 spiro atoms. The van der Waals surface area contributed by atoms with Gasteiger partial charge in [-0.2, -0.15) is 0 Å². The standard InChI is InChI=1S/C8H19N.C2H6/c1-5-6-9-7-8(2,3)4;1-2/h9H,5-7H2,1-4H3;1-2H3. The molecule has 1 heteroatoms. The Morgan fingerprint density at radius 1 is 1.09 bits per heavy atom. The van der Waals surface area contributed by atoms with E-state index in [-0.39, 0.29) is 0 Å². The first-order valence-corrected chi connectivity index (χ1v) is 4.77. The lowest BCUT2D eigenvalue weighted by atomic mass is 9.97. The largest absolute Gasteiger partial charge is 0.316 e. The zero-order valence-corrected chi connectivity index (χ0v) is 9.12. The maximum Gasteiger partial charge on any atom is -0.0000127 e. The van der Waals surface area contributed by atoms with Crippen molar-refractivity contribution in [3.8, 4) is 0 Å². The smallest absolute Gasteiger partial charge is 0.0000127 e. The molecule has 0 aliphatic rings. The highest BCUT2D eigenvalue weighted by molar-refractivity contribution is 4.63. The third-order valence-electron chi connectivity index (χ3n) is 1.08. The van der Waals surface area contributed by atoms with Crippen LogP contribution in [0.4, 0.5) is 0 Å². The maximum absolute atomic E-state index is 3.38. The van der Waals surface area contributed by atoms with Gasteiger partial charge in [0.25, 0.3) is 0 Å². The monoisotopic (exact) mass is 159 g/mol. The summed E-state index contributed by atoms with van der Waals surface area (Å²) in [4.78, 5) is 0. The van der Waals surface area contributed by atoms with Crippen LogP contribution in [0.5, 0.6) is 0 Å². The van der Waals surface area contributed by atoms with Crippen LogP contribution >= 0.6 is 0 Å². The minimum Gasteiger partial charge on any atom is -0.316 e. The zero-order valence-electron chi connectivity index (χ0n) is 9.12. The molecule has 0 aromatic carbocycles. The molecule has 0 radical (unpaired) electrons. The quantitative estimate of drug-likeness (QED) is 0.624. The van der Waals surface area contributed by atoms with Crippen LogP contribution in [0.25, 0.3) is 0 Å². The fraction of sp³-hybridized carbons (Fsp3) is 1.00. The molecule has 0 bridgehead atoms. The summed E-state index contributed by atoms with van der Waals surface area (Å²) >= 11 is 0. The molecule has 0 unspecified atom stereocenters. The van der Waals surface area contributed by atoms with Gasteiger partial charge in [0, 0.05) is 0 Å². The molecule has 11 heavy (non-hydrogen) atoms. The van der Waals surface area contributed by atoms with Gasteiger partial charge in [0.15, 0.2) is 0 Å². The highest BCUT2D eigenvalue weighted by atomic mass is 14.9. The first-order valence-electron chi connectivity index (χ1n) is 4.77. The van der Waals surface area contributed by atoms with Gasteiger partial charge in [-0.25, -0.2) is 0 Å². The van der Waals surface area contributed by atoms with E-state index >= 15 is 0 Å². The van der Waals surface area contributed by atoms with Crippen LogP contribution in [-0.4, -0.2) is 13.1 Å². The molecular formula is C10H25N. The van der Waals surface area contributed by atoms with Gasteiger partial charge in [-0.3, -0.25) is 0 Å². The third-order valence-corrected chi connectivity index (χ3v) is 1.08. The van der Waals surface area contributed by atoms with Gasteiger partial charge in [-0.15, -0.1) is 0 Å². The van der Waals surface area contributed by atoms with Crippen LogP contribution in [-0.2, 0) is 0 Å². The summed E-state index contributed by atoms with van der Waals surface area (Å²) < 4.78 is 0. The van der Waals surface area contributed by atoms with Crippen molar-refractivity contribution >= 4 is 0 Å². The molecule has 0 aliphatic carbocycles. The highest BCUT2D eigenvalue weighted by Gasteiger charge is 2.07. The SMILES string of the molecule is CC.CCCNCC(C)(C)C. The summed E-state index contributed by atoms with van der Waals surface area (Å²) in [6.45, 7) is 15.2. The van der Waals surface area contributed by atoms with Crippen LogP contribution in [0.3, 0.4) is 0 Å². The average Bonchev–Trinajstić information content (AvgIpc) is 1.90. The Bertz CT molecular complexity index is 61.8. The maximum atomic E-state index is 3.38. The Labute approximate surface area is 72.6 Å². The first-order chi connectivity index (χ1) is 5.06. The molecule has 70 valence electrons. The highest BCUT2D eigenvalue weighted by Crippen LogP contribution is 2.09. The summed E-state index contributed by atoms with van der Waals surface area (Å²) in [5.41, 5.74) is 0.440. The van der Waals surface area contributed by atoms with E-state index in [9.17, 15) is 0 Å². The van der Waals surface area contributed by atoms with Crippen molar-refractivity contribution in [3.05, 3.63) is 0 Å². The van der Waals surface area contributed by atoms with E-state index in [0.29, 0.717) is 5.41 Å². The molecular weight excluding hydrogens is 134 g/mol. The van der Waals surface area contributed by atoms with Gasteiger partial charge in [0.05, 0.1) is 0 Å². The molecule has 1 N–H and O–H groups in total. The van der Waals surface area contributed by atoms with Crippen molar-refractivity contribution in [2.45, 2.75) is 48.0 Å². The normalized spacial score (nSPS) is 10.4. The Balaban J connectivity index is 0. The fourth-order valence-corrected chi connectivity index (χ4v) is 0.640. The molecule has 0 heterocycles. The van der Waals surface area contributed by atoms with Gasteiger partial charge >= 0.3 is 0 Å². The van der Waals surface area contributed by atoms with Crippen LogP contribution in [0.2, 0.25) is 0 Å². The van der Waals surface area contributed by atoms with Crippen molar-refractivity contribution in [1.29, 1.82) is 0 Å².